The smallest absolute Gasteiger partial charge is 0.252 e. The third-order valence-electron chi connectivity index (χ3n) is 1.87. The number of hydrogen-bond acceptors (Lipinski definition) is 3. The second-order valence-corrected chi connectivity index (χ2v) is 3.61. The molecule has 0 saturated carbocycles. The van der Waals surface area contributed by atoms with Crippen LogP contribution in [0.25, 0.3) is 0 Å². The number of aliphatic hydroxyl groups excluding tert-OH is 1. The molecule has 1 rings (SSSR count). The van der Waals surface area contributed by atoms with Crippen LogP contribution in [0.5, 0.6) is 0 Å². The van der Waals surface area contributed by atoms with Gasteiger partial charge in [0, 0.05) is 6.54 Å². The lowest BCUT2D eigenvalue weighted by molar-refractivity contribution is -0.0831. The number of carbonyl (C=O) groups is 1. The molecule has 0 fully saturated rings. The number of rotatable bonds is 5. The van der Waals surface area contributed by atoms with Gasteiger partial charge in [0.1, 0.15) is 0 Å². The van der Waals surface area contributed by atoms with Crippen molar-refractivity contribution in [2.45, 2.75) is 13.2 Å². The average molecular weight is 244 g/mol. The van der Waals surface area contributed by atoms with Crippen molar-refractivity contribution in [2.24, 2.45) is 0 Å². The van der Waals surface area contributed by atoms with Gasteiger partial charge >= 0.3 is 0 Å². The third-order valence-corrected chi connectivity index (χ3v) is 2.19. The average Bonchev–Trinajstić information content (AvgIpc) is 2.24. The highest BCUT2D eigenvalue weighted by Gasteiger charge is 2.08. The van der Waals surface area contributed by atoms with Gasteiger partial charge < -0.3 is 15.2 Å². The molecule has 0 saturated heterocycles. The predicted molar refractivity (Wildman–Crippen MR) is 61.4 cm³/mol. The van der Waals surface area contributed by atoms with E-state index in [-0.39, 0.29) is 12.5 Å². The molecule has 4 nitrogen and oxygen atoms in total. The lowest BCUT2D eigenvalue weighted by atomic mass is 10.2. The molecular weight excluding hydrogens is 230 g/mol. The summed E-state index contributed by atoms with van der Waals surface area (Å²) < 4.78 is 4.87. The zero-order chi connectivity index (χ0) is 12.0. The van der Waals surface area contributed by atoms with Crippen molar-refractivity contribution < 1.29 is 14.6 Å². The fraction of sp³-hybridized carbons (Fsp3) is 0.364. The van der Waals surface area contributed by atoms with E-state index in [1.165, 1.54) is 6.92 Å². The Hall–Kier alpha value is -1.10. The van der Waals surface area contributed by atoms with Crippen molar-refractivity contribution in [3.05, 3.63) is 34.9 Å². The van der Waals surface area contributed by atoms with Crippen LogP contribution in [0.3, 0.4) is 0 Å². The number of hydrogen-bond donors (Lipinski definition) is 2. The number of aliphatic hydroxyl groups is 1. The van der Waals surface area contributed by atoms with E-state index in [0.29, 0.717) is 17.1 Å². The Bertz CT molecular complexity index is 355. The van der Waals surface area contributed by atoms with Crippen molar-refractivity contribution in [2.75, 3.05) is 13.2 Å². The van der Waals surface area contributed by atoms with Gasteiger partial charge in [-0.2, -0.15) is 0 Å². The molecule has 5 heteroatoms. The van der Waals surface area contributed by atoms with Gasteiger partial charge in [-0.05, 0) is 19.1 Å². The second kappa shape index (κ2) is 6.48. The quantitative estimate of drug-likeness (QED) is 0.608. The van der Waals surface area contributed by atoms with Crippen molar-refractivity contribution in [1.82, 2.24) is 5.32 Å². The van der Waals surface area contributed by atoms with E-state index in [1.54, 1.807) is 24.3 Å². The Morgan fingerprint density at radius 2 is 2.25 bits per heavy atom. The summed E-state index contributed by atoms with van der Waals surface area (Å²) >= 11 is 5.85. The summed E-state index contributed by atoms with van der Waals surface area (Å²) in [5, 5.41) is 11.9. The highest BCUT2D eigenvalue weighted by molar-refractivity contribution is 6.33. The minimum atomic E-state index is -0.822. The molecular formula is C11H14ClNO3. The molecule has 1 aromatic carbocycles. The minimum absolute atomic E-state index is 0.250. The summed E-state index contributed by atoms with van der Waals surface area (Å²) in [5.74, 6) is -0.250. The van der Waals surface area contributed by atoms with Crippen LogP contribution in [0.4, 0.5) is 0 Å². The fourth-order valence-electron chi connectivity index (χ4n) is 1.13. The summed E-state index contributed by atoms with van der Waals surface area (Å²) in [6.07, 6.45) is -0.822. The molecule has 0 aliphatic carbocycles. The first-order chi connectivity index (χ1) is 7.61. The standard InChI is InChI=1S/C11H14ClNO3/c1-8(14)16-7-6-13-11(15)9-4-2-3-5-10(9)12/h2-5,8,14H,6-7H2,1H3,(H,13,15). The summed E-state index contributed by atoms with van der Waals surface area (Å²) in [7, 11) is 0. The van der Waals surface area contributed by atoms with Crippen LogP contribution in [-0.4, -0.2) is 30.5 Å². The van der Waals surface area contributed by atoms with Gasteiger partial charge in [-0.1, -0.05) is 23.7 Å². The Morgan fingerprint density at radius 1 is 1.56 bits per heavy atom. The molecule has 0 aliphatic rings. The molecule has 0 radical (unpaired) electrons. The maximum Gasteiger partial charge on any atom is 0.252 e. The van der Waals surface area contributed by atoms with Gasteiger partial charge in [0.15, 0.2) is 6.29 Å². The van der Waals surface area contributed by atoms with Gasteiger partial charge in [0.05, 0.1) is 17.2 Å². The monoisotopic (exact) mass is 243 g/mol. The summed E-state index contributed by atoms with van der Waals surface area (Å²) in [4.78, 5) is 11.6. The first kappa shape index (κ1) is 13.0. The number of nitrogens with one attached hydrogen (secondary N) is 1. The third kappa shape index (κ3) is 4.18. The fourth-order valence-corrected chi connectivity index (χ4v) is 1.36. The van der Waals surface area contributed by atoms with E-state index in [9.17, 15) is 4.79 Å². The van der Waals surface area contributed by atoms with Crippen LogP contribution in [0.2, 0.25) is 5.02 Å². The lowest BCUT2D eigenvalue weighted by Crippen LogP contribution is -2.28. The normalized spacial score (nSPS) is 12.2. The van der Waals surface area contributed by atoms with E-state index in [1.807, 2.05) is 0 Å². The van der Waals surface area contributed by atoms with Crippen molar-refractivity contribution in [3.63, 3.8) is 0 Å². The maximum atomic E-state index is 11.6. The Kier molecular flexibility index (Phi) is 5.25. The number of carbonyl (C=O) groups excluding carboxylic acids is 1. The molecule has 0 aliphatic heterocycles. The molecule has 2 N–H and O–H groups in total. The van der Waals surface area contributed by atoms with E-state index in [0.717, 1.165) is 0 Å². The van der Waals surface area contributed by atoms with Crippen LogP contribution in [-0.2, 0) is 4.74 Å². The molecule has 1 atom stereocenters. The van der Waals surface area contributed by atoms with Gasteiger partial charge in [-0.3, -0.25) is 4.79 Å². The largest absolute Gasteiger partial charge is 0.368 e. The molecule has 0 heterocycles. The Morgan fingerprint density at radius 3 is 2.88 bits per heavy atom. The van der Waals surface area contributed by atoms with E-state index >= 15 is 0 Å². The van der Waals surface area contributed by atoms with Crippen LogP contribution in [0, 0.1) is 0 Å². The summed E-state index contributed by atoms with van der Waals surface area (Å²) in [5.41, 5.74) is 0.432. The number of ether oxygens (including phenoxy) is 1. The highest BCUT2D eigenvalue weighted by atomic mass is 35.5. The summed E-state index contributed by atoms with van der Waals surface area (Å²) in [6.45, 7) is 2.10. The second-order valence-electron chi connectivity index (χ2n) is 3.21. The number of halogens is 1. The topological polar surface area (TPSA) is 58.6 Å². The first-order valence-electron chi connectivity index (χ1n) is 4.93. The SMILES string of the molecule is CC(O)OCCNC(=O)c1ccccc1Cl. The minimum Gasteiger partial charge on any atom is -0.368 e. The van der Waals surface area contributed by atoms with Crippen molar-refractivity contribution in [3.8, 4) is 0 Å². The van der Waals surface area contributed by atoms with Gasteiger partial charge in [0.2, 0.25) is 0 Å². The molecule has 88 valence electrons. The number of benzene rings is 1. The van der Waals surface area contributed by atoms with Crippen LogP contribution < -0.4 is 5.32 Å². The van der Waals surface area contributed by atoms with E-state index < -0.39 is 6.29 Å². The Balaban J connectivity index is 2.39. The lowest BCUT2D eigenvalue weighted by Gasteiger charge is -2.08. The maximum absolute atomic E-state index is 11.6. The first-order valence-corrected chi connectivity index (χ1v) is 5.31. The van der Waals surface area contributed by atoms with Crippen molar-refractivity contribution in [1.29, 1.82) is 0 Å². The molecule has 1 unspecified atom stereocenters. The number of amides is 1. The molecule has 0 aromatic heterocycles. The molecule has 0 bridgehead atoms. The molecule has 1 aromatic rings. The van der Waals surface area contributed by atoms with Gasteiger partial charge in [-0.25, -0.2) is 0 Å². The van der Waals surface area contributed by atoms with Crippen LogP contribution in [0.1, 0.15) is 17.3 Å². The van der Waals surface area contributed by atoms with E-state index in [2.05, 4.69) is 5.32 Å². The molecule has 0 spiro atoms. The van der Waals surface area contributed by atoms with Gasteiger partial charge in [0.25, 0.3) is 5.91 Å². The zero-order valence-corrected chi connectivity index (χ0v) is 9.70. The highest BCUT2D eigenvalue weighted by Crippen LogP contribution is 2.14. The molecule has 1 amide bonds. The van der Waals surface area contributed by atoms with Crippen LogP contribution in [0.15, 0.2) is 24.3 Å². The van der Waals surface area contributed by atoms with Crippen LogP contribution >= 0.6 is 11.6 Å². The Labute approximate surface area is 99.2 Å². The van der Waals surface area contributed by atoms with E-state index in [4.69, 9.17) is 21.4 Å². The van der Waals surface area contributed by atoms with Crippen molar-refractivity contribution >= 4 is 17.5 Å². The molecule has 16 heavy (non-hydrogen) atoms. The van der Waals surface area contributed by atoms with Gasteiger partial charge in [-0.15, -0.1) is 0 Å². The zero-order valence-electron chi connectivity index (χ0n) is 8.94. The predicted octanol–water partition coefficient (Wildman–Crippen LogP) is 1.42. The summed E-state index contributed by atoms with van der Waals surface area (Å²) in [6, 6.07) is 6.80.